The minimum absolute atomic E-state index is 0.176. The number of halogens is 1. The summed E-state index contributed by atoms with van der Waals surface area (Å²) >= 11 is 3.41. The molecule has 1 heterocycles. The van der Waals surface area contributed by atoms with E-state index in [1.54, 1.807) is 6.07 Å². The fourth-order valence-corrected chi connectivity index (χ4v) is 1.77. The summed E-state index contributed by atoms with van der Waals surface area (Å²) in [5.74, 6) is 1.91. The summed E-state index contributed by atoms with van der Waals surface area (Å²) in [6.07, 6.45) is 0. The minimum atomic E-state index is 0.176. The lowest BCUT2D eigenvalue weighted by atomic mass is 10.3. The van der Waals surface area contributed by atoms with Crippen LogP contribution in [0, 0.1) is 0 Å². The predicted octanol–water partition coefficient (Wildman–Crippen LogP) is 3.05. The van der Waals surface area contributed by atoms with Crippen LogP contribution in [0.15, 0.2) is 34.8 Å². The molecule has 0 aliphatic heterocycles. The van der Waals surface area contributed by atoms with Gasteiger partial charge in [-0.05, 0) is 35.0 Å². The average Bonchev–Trinajstić information content (AvgIpc) is 2.32. The van der Waals surface area contributed by atoms with Gasteiger partial charge in [-0.2, -0.15) is 9.97 Å². The standard InChI is InChI=1S/C12H13BrN4O/c1-2-15-10-7-11(17-12(14)16-10)18-9-6-4-3-5-8(9)13/h3-7H,2H2,1H3,(H3,14,15,16,17). The molecule has 3 N–H and O–H groups in total. The normalized spacial score (nSPS) is 10.1. The highest BCUT2D eigenvalue weighted by Crippen LogP contribution is 2.29. The van der Waals surface area contributed by atoms with E-state index >= 15 is 0 Å². The van der Waals surface area contributed by atoms with Crippen molar-refractivity contribution >= 4 is 27.7 Å². The molecule has 2 rings (SSSR count). The Kier molecular flexibility index (Phi) is 3.99. The number of nitrogens with two attached hydrogens (primary N) is 1. The zero-order valence-electron chi connectivity index (χ0n) is 9.85. The molecule has 1 aromatic carbocycles. The number of rotatable bonds is 4. The third kappa shape index (κ3) is 3.10. The summed E-state index contributed by atoms with van der Waals surface area (Å²) in [4.78, 5) is 8.09. The number of hydrogen-bond donors (Lipinski definition) is 2. The van der Waals surface area contributed by atoms with E-state index in [1.807, 2.05) is 31.2 Å². The first-order valence-electron chi connectivity index (χ1n) is 5.50. The second-order valence-corrected chi connectivity index (χ2v) is 4.37. The van der Waals surface area contributed by atoms with Crippen molar-refractivity contribution in [2.75, 3.05) is 17.6 Å². The molecule has 0 unspecified atom stereocenters. The van der Waals surface area contributed by atoms with Gasteiger partial charge in [-0.3, -0.25) is 0 Å². The Morgan fingerprint density at radius 1 is 1.33 bits per heavy atom. The number of ether oxygens (including phenoxy) is 1. The summed E-state index contributed by atoms with van der Waals surface area (Å²) in [5, 5.41) is 3.07. The van der Waals surface area contributed by atoms with Crippen LogP contribution in [0.3, 0.4) is 0 Å². The number of nitrogens with zero attached hydrogens (tertiary/aromatic N) is 2. The first-order chi connectivity index (χ1) is 8.69. The van der Waals surface area contributed by atoms with E-state index in [4.69, 9.17) is 10.5 Å². The van der Waals surface area contributed by atoms with Gasteiger partial charge in [0.25, 0.3) is 0 Å². The molecule has 2 aromatic rings. The monoisotopic (exact) mass is 308 g/mol. The van der Waals surface area contributed by atoms with Crippen LogP contribution in [0.2, 0.25) is 0 Å². The maximum atomic E-state index is 5.66. The Morgan fingerprint density at radius 2 is 2.11 bits per heavy atom. The van der Waals surface area contributed by atoms with Gasteiger partial charge in [-0.1, -0.05) is 12.1 Å². The molecule has 0 amide bonds. The zero-order valence-corrected chi connectivity index (χ0v) is 11.4. The van der Waals surface area contributed by atoms with Crippen molar-refractivity contribution in [3.63, 3.8) is 0 Å². The van der Waals surface area contributed by atoms with E-state index in [0.717, 1.165) is 11.0 Å². The highest BCUT2D eigenvalue weighted by atomic mass is 79.9. The maximum Gasteiger partial charge on any atom is 0.226 e. The summed E-state index contributed by atoms with van der Waals surface area (Å²) < 4.78 is 6.51. The van der Waals surface area contributed by atoms with Gasteiger partial charge < -0.3 is 15.8 Å². The van der Waals surface area contributed by atoms with Crippen molar-refractivity contribution in [2.45, 2.75) is 6.92 Å². The lowest BCUT2D eigenvalue weighted by Gasteiger charge is -2.09. The molecule has 0 fully saturated rings. The van der Waals surface area contributed by atoms with Crippen molar-refractivity contribution < 1.29 is 4.74 Å². The number of nitrogens with one attached hydrogen (secondary N) is 1. The molecule has 0 aliphatic rings. The Labute approximate surface area is 114 Å². The largest absolute Gasteiger partial charge is 0.438 e. The Bertz CT molecular complexity index is 547. The summed E-state index contributed by atoms with van der Waals surface area (Å²) in [6, 6.07) is 9.24. The molecule has 0 bridgehead atoms. The van der Waals surface area contributed by atoms with Crippen molar-refractivity contribution in [3.8, 4) is 11.6 Å². The average molecular weight is 309 g/mol. The van der Waals surface area contributed by atoms with Crippen LogP contribution in [-0.2, 0) is 0 Å². The molecule has 0 radical (unpaired) electrons. The van der Waals surface area contributed by atoms with Gasteiger partial charge in [0.1, 0.15) is 11.6 Å². The first kappa shape index (κ1) is 12.6. The van der Waals surface area contributed by atoms with Gasteiger partial charge in [0.15, 0.2) is 0 Å². The van der Waals surface area contributed by atoms with E-state index in [0.29, 0.717) is 17.4 Å². The number of benzene rings is 1. The summed E-state index contributed by atoms with van der Waals surface area (Å²) in [5.41, 5.74) is 5.63. The van der Waals surface area contributed by atoms with Gasteiger partial charge in [-0.15, -0.1) is 0 Å². The Hall–Kier alpha value is -1.82. The maximum absolute atomic E-state index is 5.66. The molecule has 1 aromatic heterocycles. The lowest BCUT2D eigenvalue weighted by Crippen LogP contribution is -2.04. The second kappa shape index (κ2) is 5.68. The van der Waals surface area contributed by atoms with E-state index in [-0.39, 0.29) is 5.95 Å². The Balaban J connectivity index is 2.26. The molecule has 0 aliphatic carbocycles. The van der Waals surface area contributed by atoms with Gasteiger partial charge in [0.05, 0.1) is 4.47 Å². The van der Waals surface area contributed by atoms with Crippen molar-refractivity contribution in [1.29, 1.82) is 0 Å². The smallest absolute Gasteiger partial charge is 0.226 e. The number of aromatic nitrogens is 2. The van der Waals surface area contributed by atoms with Gasteiger partial charge in [0.2, 0.25) is 11.8 Å². The van der Waals surface area contributed by atoms with Crippen LogP contribution in [0.1, 0.15) is 6.92 Å². The molecule has 0 spiro atoms. The number of nitrogen functional groups attached to an aromatic ring is 1. The van der Waals surface area contributed by atoms with Gasteiger partial charge in [0, 0.05) is 12.6 Å². The van der Waals surface area contributed by atoms with E-state index in [1.165, 1.54) is 0 Å². The molecule has 5 nitrogen and oxygen atoms in total. The van der Waals surface area contributed by atoms with Crippen LogP contribution in [0.25, 0.3) is 0 Å². The molecule has 0 saturated heterocycles. The fraction of sp³-hybridized carbons (Fsp3) is 0.167. The molecule has 94 valence electrons. The quantitative estimate of drug-likeness (QED) is 0.908. The first-order valence-corrected chi connectivity index (χ1v) is 6.29. The molecular formula is C12H13BrN4O. The van der Waals surface area contributed by atoms with Crippen molar-refractivity contribution in [2.24, 2.45) is 0 Å². The Morgan fingerprint density at radius 3 is 2.83 bits per heavy atom. The molecular weight excluding hydrogens is 296 g/mol. The number of anilines is 2. The summed E-state index contributed by atoms with van der Waals surface area (Å²) in [7, 11) is 0. The topological polar surface area (TPSA) is 73.1 Å². The van der Waals surface area contributed by atoms with E-state index in [2.05, 4.69) is 31.2 Å². The SMILES string of the molecule is CCNc1cc(Oc2ccccc2Br)nc(N)n1. The fourth-order valence-electron chi connectivity index (χ4n) is 1.41. The molecule has 0 atom stereocenters. The molecule has 0 saturated carbocycles. The van der Waals surface area contributed by atoms with Gasteiger partial charge >= 0.3 is 0 Å². The van der Waals surface area contributed by atoms with E-state index in [9.17, 15) is 0 Å². The lowest BCUT2D eigenvalue weighted by molar-refractivity contribution is 0.460. The predicted molar refractivity (Wildman–Crippen MR) is 74.8 cm³/mol. The van der Waals surface area contributed by atoms with Crippen LogP contribution in [0.4, 0.5) is 11.8 Å². The van der Waals surface area contributed by atoms with Crippen LogP contribution in [0.5, 0.6) is 11.6 Å². The van der Waals surface area contributed by atoms with Crippen molar-refractivity contribution in [1.82, 2.24) is 9.97 Å². The minimum Gasteiger partial charge on any atom is -0.438 e. The van der Waals surface area contributed by atoms with Gasteiger partial charge in [-0.25, -0.2) is 0 Å². The summed E-state index contributed by atoms with van der Waals surface area (Å²) in [6.45, 7) is 2.73. The highest BCUT2D eigenvalue weighted by Gasteiger charge is 2.06. The van der Waals surface area contributed by atoms with Crippen LogP contribution >= 0.6 is 15.9 Å². The van der Waals surface area contributed by atoms with Crippen LogP contribution in [-0.4, -0.2) is 16.5 Å². The molecule has 18 heavy (non-hydrogen) atoms. The second-order valence-electron chi connectivity index (χ2n) is 3.51. The highest BCUT2D eigenvalue weighted by molar-refractivity contribution is 9.10. The van der Waals surface area contributed by atoms with E-state index < -0.39 is 0 Å². The third-order valence-electron chi connectivity index (χ3n) is 2.13. The molecule has 6 heteroatoms. The zero-order chi connectivity index (χ0) is 13.0. The number of hydrogen-bond acceptors (Lipinski definition) is 5. The van der Waals surface area contributed by atoms with Crippen molar-refractivity contribution in [3.05, 3.63) is 34.8 Å². The third-order valence-corrected chi connectivity index (χ3v) is 2.78. The number of para-hydroxylation sites is 1. The van der Waals surface area contributed by atoms with Crippen LogP contribution < -0.4 is 15.8 Å².